The molecule has 1 unspecified atom stereocenters. The van der Waals surface area contributed by atoms with Crippen molar-refractivity contribution >= 4 is 35.0 Å². The minimum Gasteiger partial charge on any atom is -0.484 e. The normalized spacial score (nSPS) is 11.8. The van der Waals surface area contributed by atoms with Crippen molar-refractivity contribution in [3.63, 3.8) is 0 Å². The van der Waals surface area contributed by atoms with E-state index in [1.165, 1.54) is 11.8 Å². The Morgan fingerprint density at radius 2 is 1.89 bits per heavy atom. The van der Waals surface area contributed by atoms with E-state index in [1.807, 2.05) is 44.2 Å². The molecule has 0 saturated carbocycles. The third-order valence-corrected chi connectivity index (χ3v) is 5.07. The molecule has 1 heterocycles. The number of benzene rings is 2. The summed E-state index contributed by atoms with van der Waals surface area (Å²) in [6.07, 6.45) is 0. The van der Waals surface area contributed by atoms with Crippen LogP contribution in [-0.2, 0) is 11.4 Å². The Labute approximate surface area is 172 Å². The van der Waals surface area contributed by atoms with Crippen molar-refractivity contribution in [1.29, 1.82) is 0 Å². The molecule has 1 amide bonds. The molecule has 0 bridgehead atoms. The number of hydrogen-bond donors (Lipinski definition) is 0. The first kappa shape index (κ1) is 20.2. The van der Waals surface area contributed by atoms with Gasteiger partial charge in [0, 0.05) is 17.3 Å². The first-order valence-corrected chi connectivity index (χ1v) is 10.1. The second kappa shape index (κ2) is 9.61. The molecule has 0 radical (unpaired) electrons. The molecular formula is C20H20ClN3O3S. The topological polar surface area (TPSA) is 68.5 Å². The van der Waals surface area contributed by atoms with E-state index in [0.29, 0.717) is 28.4 Å². The lowest BCUT2D eigenvalue weighted by atomic mass is 10.2. The maximum absolute atomic E-state index is 12.8. The van der Waals surface area contributed by atoms with Gasteiger partial charge >= 0.3 is 0 Å². The summed E-state index contributed by atoms with van der Waals surface area (Å²) in [7, 11) is 0. The van der Waals surface area contributed by atoms with Gasteiger partial charge < -0.3 is 14.1 Å². The Bertz CT molecular complexity index is 903. The summed E-state index contributed by atoms with van der Waals surface area (Å²) in [6, 6.07) is 16.6. The van der Waals surface area contributed by atoms with E-state index < -0.39 is 0 Å². The summed E-state index contributed by atoms with van der Waals surface area (Å²) < 4.78 is 11.2. The SMILES string of the molecule is CCN(C(=O)C(C)Sc1nnc(COc2ccc(Cl)cc2)o1)c1ccccc1. The third-order valence-electron chi connectivity index (χ3n) is 3.90. The highest BCUT2D eigenvalue weighted by atomic mass is 35.5. The van der Waals surface area contributed by atoms with Gasteiger partial charge in [0.2, 0.25) is 5.91 Å². The number of hydrogen-bond acceptors (Lipinski definition) is 6. The van der Waals surface area contributed by atoms with Crippen molar-refractivity contribution in [2.75, 3.05) is 11.4 Å². The van der Waals surface area contributed by atoms with Crippen LogP contribution in [0.1, 0.15) is 19.7 Å². The van der Waals surface area contributed by atoms with Crippen molar-refractivity contribution in [3.8, 4) is 5.75 Å². The summed E-state index contributed by atoms with van der Waals surface area (Å²) in [5.41, 5.74) is 0.866. The molecule has 1 aromatic heterocycles. The number of carbonyl (C=O) groups is 1. The first-order chi connectivity index (χ1) is 13.6. The van der Waals surface area contributed by atoms with Gasteiger partial charge in [-0.05, 0) is 50.2 Å². The van der Waals surface area contributed by atoms with Crippen LogP contribution in [0.2, 0.25) is 5.02 Å². The van der Waals surface area contributed by atoms with E-state index in [9.17, 15) is 4.79 Å². The molecule has 0 aliphatic rings. The van der Waals surface area contributed by atoms with Crippen LogP contribution in [0.15, 0.2) is 64.2 Å². The maximum atomic E-state index is 12.8. The Kier molecular flexibility index (Phi) is 6.95. The number of carbonyl (C=O) groups excluding carboxylic acids is 1. The lowest BCUT2D eigenvalue weighted by Crippen LogP contribution is -2.36. The van der Waals surface area contributed by atoms with Gasteiger partial charge in [-0.1, -0.05) is 41.6 Å². The van der Waals surface area contributed by atoms with Gasteiger partial charge in [-0.15, -0.1) is 10.2 Å². The van der Waals surface area contributed by atoms with Crippen LogP contribution in [0.4, 0.5) is 5.69 Å². The first-order valence-electron chi connectivity index (χ1n) is 8.80. The van der Waals surface area contributed by atoms with Crippen LogP contribution in [-0.4, -0.2) is 27.9 Å². The fourth-order valence-electron chi connectivity index (χ4n) is 2.51. The Hall–Kier alpha value is -2.51. The third kappa shape index (κ3) is 5.27. The fourth-order valence-corrected chi connectivity index (χ4v) is 3.40. The predicted molar refractivity (Wildman–Crippen MR) is 110 cm³/mol. The summed E-state index contributed by atoms with van der Waals surface area (Å²) >= 11 is 7.08. The molecule has 0 saturated heterocycles. The molecule has 6 nitrogen and oxygen atoms in total. The van der Waals surface area contributed by atoms with Crippen molar-refractivity contribution in [1.82, 2.24) is 10.2 Å². The Morgan fingerprint density at radius 1 is 1.18 bits per heavy atom. The van der Waals surface area contributed by atoms with Gasteiger partial charge in [0.25, 0.3) is 11.1 Å². The van der Waals surface area contributed by atoms with Crippen LogP contribution in [0.5, 0.6) is 5.75 Å². The van der Waals surface area contributed by atoms with Gasteiger partial charge in [0.1, 0.15) is 5.75 Å². The second-order valence-corrected chi connectivity index (χ2v) is 7.61. The van der Waals surface area contributed by atoms with Crippen LogP contribution in [0, 0.1) is 0 Å². The van der Waals surface area contributed by atoms with E-state index in [0.717, 1.165) is 5.69 Å². The second-order valence-electron chi connectivity index (χ2n) is 5.88. The molecule has 0 spiro atoms. The Balaban J connectivity index is 1.57. The average molecular weight is 418 g/mol. The van der Waals surface area contributed by atoms with Gasteiger partial charge in [0.15, 0.2) is 6.61 Å². The molecule has 0 N–H and O–H groups in total. The van der Waals surface area contributed by atoms with E-state index in [1.54, 1.807) is 29.2 Å². The molecule has 8 heteroatoms. The molecule has 0 fully saturated rings. The lowest BCUT2D eigenvalue weighted by molar-refractivity contribution is -0.117. The van der Waals surface area contributed by atoms with E-state index in [2.05, 4.69) is 10.2 Å². The highest BCUT2D eigenvalue weighted by molar-refractivity contribution is 8.00. The summed E-state index contributed by atoms with van der Waals surface area (Å²) in [5, 5.41) is 8.57. The van der Waals surface area contributed by atoms with Crippen molar-refractivity contribution in [2.45, 2.75) is 30.9 Å². The lowest BCUT2D eigenvalue weighted by Gasteiger charge is -2.23. The largest absolute Gasteiger partial charge is 0.484 e. The fraction of sp³-hybridized carbons (Fsp3) is 0.250. The van der Waals surface area contributed by atoms with Crippen LogP contribution in [0.3, 0.4) is 0 Å². The number of halogens is 1. The summed E-state index contributed by atoms with van der Waals surface area (Å²) in [4.78, 5) is 14.5. The standard InChI is InChI=1S/C20H20ClN3O3S/c1-3-24(16-7-5-4-6-8-16)19(25)14(2)28-20-23-22-18(27-20)13-26-17-11-9-15(21)10-12-17/h4-12,14H,3,13H2,1-2H3. The minimum atomic E-state index is -0.370. The molecule has 0 aliphatic carbocycles. The van der Waals surface area contributed by atoms with Crippen LogP contribution in [0.25, 0.3) is 0 Å². The van der Waals surface area contributed by atoms with E-state index >= 15 is 0 Å². The zero-order valence-corrected chi connectivity index (χ0v) is 17.1. The zero-order valence-electron chi connectivity index (χ0n) is 15.5. The molecule has 28 heavy (non-hydrogen) atoms. The van der Waals surface area contributed by atoms with Crippen LogP contribution < -0.4 is 9.64 Å². The molecular weight excluding hydrogens is 398 g/mol. The van der Waals surface area contributed by atoms with E-state index in [-0.39, 0.29) is 17.8 Å². The average Bonchev–Trinajstić information content (AvgIpc) is 3.16. The highest BCUT2D eigenvalue weighted by Gasteiger charge is 2.24. The van der Waals surface area contributed by atoms with E-state index in [4.69, 9.17) is 20.8 Å². The molecule has 0 aliphatic heterocycles. The smallest absolute Gasteiger partial charge is 0.277 e. The van der Waals surface area contributed by atoms with Crippen molar-refractivity contribution < 1.29 is 13.9 Å². The van der Waals surface area contributed by atoms with Gasteiger partial charge in [-0.3, -0.25) is 4.79 Å². The van der Waals surface area contributed by atoms with Gasteiger partial charge in [0.05, 0.1) is 5.25 Å². The maximum Gasteiger partial charge on any atom is 0.277 e. The number of rotatable bonds is 8. The summed E-state index contributed by atoms with van der Waals surface area (Å²) in [5.74, 6) is 0.977. The zero-order chi connectivity index (χ0) is 19.9. The van der Waals surface area contributed by atoms with Crippen molar-refractivity contribution in [3.05, 3.63) is 65.5 Å². The minimum absolute atomic E-state index is 0.0177. The molecule has 2 aromatic carbocycles. The number of para-hydroxylation sites is 1. The number of ether oxygens (including phenoxy) is 1. The molecule has 3 rings (SSSR count). The number of anilines is 1. The number of aromatic nitrogens is 2. The number of amides is 1. The monoisotopic (exact) mass is 417 g/mol. The van der Waals surface area contributed by atoms with Crippen molar-refractivity contribution in [2.24, 2.45) is 0 Å². The van der Waals surface area contributed by atoms with Crippen LogP contribution >= 0.6 is 23.4 Å². The molecule has 1 atom stereocenters. The summed E-state index contributed by atoms with van der Waals surface area (Å²) in [6.45, 7) is 4.49. The molecule has 3 aromatic rings. The van der Waals surface area contributed by atoms with Gasteiger partial charge in [-0.25, -0.2) is 0 Å². The molecule has 146 valence electrons. The van der Waals surface area contributed by atoms with Gasteiger partial charge in [-0.2, -0.15) is 0 Å². The quantitative estimate of drug-likeness (QED) is 0.488. The predicted octanol–water partition coefficient (Wildman–Crippen LogP) is 4.84. The highest BCUT2D eigenvalue weighted by Crippen LogP contribution is 2.26. The Morgan fingerprint density at radius 3 is 2.57 bits per heavy atom. The number of thioether (sulfide) groups is 1. The number of nitrogens with zero attached hydrogens (tertiary/aromatic N) is 3.